The van der Waals surface area contributed by atoms with Crippen LogP contribution in [0.3, 0.4) is 0 Å². The van der Waals surface area contributed by atoms with Gasteiger partial charge in [0.25, 0.3) is 0 Å². The Labute approximate surface area is 96.7 Å². The maximum atomic E-state index is 11.8. The molecule has 0 aliphatic carbocycles. The lowest BCUT2D eigenvalue weighted by Crippen LogP contribution is -2.22. The van der Waals surface area contributed by atoms with Crippen LogP contribution in [-0.2, 0) is 7.05 Å². The third-order valence-electron chi connectivity index (χ3n) is 2.45. The van der Waals surface area contributed by atoms with E-state index in [0.717, 1.165) is 14.8 Å². The van der Waals surface area contributed by atoms with Gasteiger partial charge >= 0.3 is 11.7 Å². The van der Waals surface area contributed by atoms with Crippen molar-refractivity contribution in [1.29, 1.82) is 0 Å². The fraction of sp³-hybridized carbons (Fsp3) is 0.182. The van der Waals surface area contributed by atoms with E-state index in [2.05, 4.69) is 5.10 Å². The van der Waals surface area contributed by atoms with Crippen LogP contribution in [0.2, 0.25) is 0 Å². The van der Waals surface area contributed by atoms with Gasteiger partial charge in [-0.2, -0.15) is 4.68 Å². The summed E-state index contributed by atoms with van der Waals surface area (Å²) in [5.41, 5.74) is 1.12. The van der Waals surface area contributed by atoms with Crippen LogP contribution in [0.1, 0.15) is 16.2 Å². The van der Waals surface area contributed by atoms with Crippen LogP contribution in [0.15, 0.2) is 29.1 Å². The van der Waals surface area contributed by atoms with Gasteiger partial charge in [0.1, 0.15) is 0 Å². The van der Waals surface area contributed by atoms with Crippen molar-refractivity contribution in [3.8, 4) is 5.69 Å². The first-order chi connectivity index (χ1) is 8.00. The number of aromatic nitrogens is 3. The summed E-state index contributed by atoms with van der Waals surface area (Å²) in [6, 6.07) is 7.10. The van der Waals surface area contributed by atoms with Crippen LogP contribution in [0.4, 0.5) is 0 Å². The molecular formula is C11H11N3O3. The van der Waals surface area contributed by atoms with E-state index >= 15 is 0 Å². The van der Waals surface area contributed by atoms with Crippen molar-refractivity contribution in [3.05, 3.63) is 46.1 Å². The van der Waals surface area contributed by atoms with E-state index in [9.17, 15) is 9.59 Å². The third-order valence-corrected chi connectivity index (χ3v) is 2.45. The van der Waals surface area contributed by atoms with Gasteiger partial charge < -0.3 is 5.11 Å². The molecule has 1 N–H and O–H groups in total. The summed E-state index contributed by atoms with van der Waals surface area (Å²) in [4.78, 5) is 22.6. The summed E-state index contributed by atoms with van der Waals surface area (Å²) >= 11 is 0. The Kier molecular flexibility index (Phi) is 2.55. The van der Waals surface area contributed by atoms with E-state index in [-0.39, 0.29) is 5.82 Å². The molecule has 6 nitrogen and oxygen atoms in total. The van der Waals surface area contributed by atoms with Crippen molar-refractivity contribution < 1.29 is 9.90 Å². The van der Waals surface area contributed by atoms with Crippen LogP contribution < -0.4 is 5.69 Å². The number of carboxylic acids is 1. The second kappa shape index (κ2) is 3.89. The zero-order chi connectivity index (χ0) is 12.6. The van der Waals surface area contributed by atoms with Crippen molar-refractivity contribution in [2.24, 2.45) is 7.05 Å². The average Bonchev–Trinajstić information content (AvgIpc) is 2.58. The highest BCUT2D eigenvalue weighted by Crippen LogP contribution is 2.06. The minimum Gasteiger partial charge on any atom is -0.475 e. The zero-order valence-electron chi connectivity index (χ0n) is 9.41. The van der Waals surface area contributed by atoms with Crippen LogP contribution in [0, 0.1) is 6.92 Å². The molecule has 0 atom stereocenters. The molecule has 0 aliphatic rings. The van der Waals surface area contributed by atoms with Gasteiger partial charge in [-0.15, -0.1) is 5.10 Å². The van der Waals surface area contributed by atoms with Gasteiger partial charge in [-0.25, -0.2) is 9.59 Å². The first-order valence-electron chi connectivity index (χ1n) is 4.97. The van der Waals surface area contributed by atoms with Gasteiger partial charge in [0.15, 0.2) is 0 Å². The minimum atomic E-state index is -1.23. The lowest BCUT2D eigenvalue weighted by atomic mass is 10.2. The van der Waals surface area contributed by atoms with E-state index in [0.29, 0.717) is 5.69 Å². The standard InChI is InChI=1S/C11H11N3O3/c1-7-3-5-8(6-4-7)14-11(17)13(2)9(12-14)10(15)16/h3-6H,1-2H3,(H,15,16). The molecule has 1 aromatic heterocycles. The topological polar surface area (TPSA) is 77.1 Å². The lowest BCUT2D eigenvalue weighted by Gasteiger charge is -1.98. The van der Waals surface area contributed by atoms with Gasteiger partial charge in [0, 0.05) is 7.05 Å². The second-order valence-corrected chi connectivity index (χ2v) is 3.72. The summed E-state index contributed by atoms with van der Waals surface area (Å²) in [5, 5.41) is 12.6. The fourth-order valence-electron chi connectivity index (χ4n) is 1.48. The number of hydrogen-bond donors (Lipinski definition) is 1. The molecule has 0 unspecified atom stereocenters. The number of rotatable bonds is 2. The molecule has 0 bridgehead atoms. The van der Waals surface area contributed by atoms with Crippen molar-refractivity contribution >= 4 is 5.97 Å². The van der Waals surface area contributed by atoms with E-state index in [4.69, 9.17) is 5.11 Å². The van der Waals surface area contributed by atoms with E-state index in [1.165, 1.54) is 7.05 Å². The monoisotopic (exact) mass is 233 g/mol. The highest BCUT2D eigenvalue weighted by Gasteiger charge is 2.16. The molecule has 6 heteroatoms. The number of carbonyl (C=O) groups is 1. The number of carboxylic acid groups (broad SMARTS) is 1. The van der Waals surface area contributed by atoms with Gasteiger partial charge in [0.05, 0.1) is 5.69 Å². The van der Waals surface area contributed by atoms with E-state index in [1.807, 2.05) is 19.1 Å². The van der Waals surface area contributed by atoms with Gasteiger partial charge in [-0.1, -0.05) is 17.7 Å². The lowest BCUT2D eigenvalue weighted by molar-refractivity contribution is 0.0678. The zero-order valence-corrected chi connectivity index (χ0v) is 9.41. The predicted octanol–water partition coefficient (Wildman–Crippen LogP) is 0.578. The number of aryl methyl sites for hydroxylation is 1. The first kappa shape index (κ1) is 11.1. The Hall–Kier alpha value is -2.37. The quantitative estimate of drug-likeness (QED) is 0.823. The number of benzene rings is 1. The molecule has 2 rings (SSSR count). The fourth-order valence-corrected chi connectivity index (χ4v) is 1.48. The van der Waals surface area contributed by atoms with E-state index in [1.54, 1.807) is 12.1 Å². The molecule has 0 spiro atoms. The number of nitrogens with zero attached hydrogens (tertiary/aromatic N) is 3. The maximum absolute atomic E-state index is 11.8. The van der Waals surface area contributed by atoms with Gasteiger partial charge in [-0.05, 0) is 19.1 Å². The summed E-state index contributed by atoms with van der Waals surface area (Å²) in [6.45, 7) is 1.92. The smallest absolute Gasteiger partial charge is 0.374 e. The Balaban J connectivity index is 2.61. The molecule has 0 fully saturated rings. The molecule has 1 aromatic carbocycles. The SMILES string of the molecule is Cc1ccc(-n2nc(C(=O)O)n(C)c2=O)cc1. The Bertz CT molecular complexity index is 622. The molecule has 88 valence electrons. The third kappa shape index (κ3) is 1.84. The summed E-state index contributed by atoms with van der Waals surface area (Å²) in [7, 11) is 1.38. The normalized spacial score (nSPS) is 10.5. The van der Waals surface area contributed by atoms with Gasteiger partial charge in [-0.3, -0.25) is 4.57 Å². The first-order valence-corrected chi connectivity index (χ1v) is 4.97. The molecular weight excluding hydrogens is 222 g/mol. The summed E-state index contributed by atoms with van der Waals surface area (Å²) < 4.78 is 2.07. The van der Waals surface area contributed by atoms with Crippen molar-refractivity contribution in [2.45, 2.75) is 6.92 Å². The number of hydrogen-bond acceptors (Lipinski definition) is 3. The minimum absolute atomic E-state index is 0.282. The Morgan fingerprint density at radius 2 is 1.88 bits per heavy atom. The Morgan fingerprint density at radius 3 is 2.35 bits per heavy atom. The molecule has 0 aliphatic heterocycles. The van der Waals surface area contributed by atoms with Crippen molar-refractivity contribution in [2.75, 3.05) is 0 Å². The Morgan fingerprint density at radius 1 is 1.29 bits per heavy atom. The van der Waals surface area contributed by atoms with Crippen LogP contribution in [0.25, 0.3) is 5.69 Å². The van der Waals surface area contributed by atoms with Crippen LogP contribution in [0.5, 0.6) is 0 Å². The van der Waals surface area contributed by atoms with Crippen molar-refractivity contribution in [1.82, 2.24) is 14.3 Å². The average molecular weight is 233 g/mol. The molecule has 0 amide bonds. The van der Waals surface area contributed by atoms with Crippen LogP contribution in [-0.4, -0.2) is 25.4 Å². The summed E-state index contributed by atoms with van der Waals surface area (Å²) in [6.07, 6.45) is 0. The highest BCUT2D eigenvalue weighted by molar-refractivity contribution is 5.83. The largest absolute Gasteiger partial charge is 0.475 e. The molecule has 1 heterocycles. The van der Waals surface area contributed by atoms with Crippen LogP contribution >= 0.6 is 0 Å². The molecule has 17 heavy (non-hydrogen) atoms. The second-order valence-electron chi connectivity index (χ2n) is 3.72. The predicted molar refractivity (Wildman–Crippen MR) is 60.5 cm³/mol. The summed E-state index contributed by atoms with van der Waals surface area (Å²) in [5.74, 6) is -1.51. The molecule has 2 aromatic rings. The highest BCUT2D eigenvalue weighted by atomic mass is 16.4. The van der Waals surface area contributed by atoms with Crippen molar-refractivity contribution in [3.63, 3.8) is 0 Å². The van der Waals surface area contributed by atoms with E-state index < -0.39 is 11.7 Å². The maximum Gasteiger partial charge on any atom is 0.374 e. The molecule has 0 saturated carbocycles. The van der Waals surface area contributed by atoms with Gasteiger partial charge in [0.2, 0.25) is 5.82 Å². The molecule has 0 radical (unpaired) electrons. The number of aromatic carboxylic acids is 1. The molecule has 0 saturated heterocycles.